The second-order valence-electron chi connectivity index (χ2n) is 5.08. The van der Waals surface area contributed by atoms with E-state index in [4.69, 9.17) is 10.5 Å². The van der Waals surface area contributed by atoms with E-state index in [1.807, 2.05) is 24.3 Å². The summed E-state index contributed by atoms with van der Waals surface area (Å²) in [5.74, 6) is 0.933. The zero-order valence-corrected chi connectivity index (χ0v) is 11.3. The maximum atomic E-state index is 5.80. The molecule has 1 aliphatic heterocycles. The Balaban J connectivity index is 1.77. The van der Waals surface area contributed by atoms with Gasteiger partial charge in [-0.1, -0.05) is 18.6 Å². The van der Waals surface area contributed by atoms with Gasteiger partial charge in [0.25, 0.3) is 0 Å². The van der Waals surface area contributed by atoms with Gasteiger partial charge in [0.05, 0.1) is 0 Å². The smallest absolute Gasteiger partial charge is 0.119 e. The number of benzene rings is 1. The van der Waals surface area contributed by atoms with Gasteiger partial charge in [-0.05, 0) is 44.0 Å². The number of hydrogen-bond donors (Lipinski definition) is 1. The number of likely N-dealkylation sites (tertiary alicyclic amines) is 1. The molecule has 1 aromatic rings. The van der Waals surface area contributed by atoms with Crippen LogP contribution in [0.2, 0.25) is 0 Å². The quantitative estimate of drug-likeness (QED) is 0.869. The van der Waals surface area contributed by atoms with Crippen molar-refractivity contribution < 1.29 is 4.74 Å². The molecule has 0 aliphatic carbocycles. The van der Waals surface area contributed by atoms with Gasteiger partial charge in [-0.3, -0.25) is 4.90 Å². The third kappa shape index (κ3) is 3.72. The number of ether oxygens (including phenoxy) is 1. The molecule has 1 fully saturated rings. The fourth-order valence-corrected chi connectivity index (χ4v) is 2.53. The summed E-state index contributed by atoms with van der Waals surface area (Å²) in [6.07, 6.45) is 4.02. The van der Waals surface area contributed by atoms with Crippen molar-refractivity contribution in [3.05, 3.63) is 29.8 Å². The third-order valence-corrected chi connectivity index (χ3v) is 3.72. The van der Waals surface area contributed by atoms with Crippen LogP contribution in [-0.2, 0) is 6.54 Å². The van der Waals surface area contributed by atoms with E-state index in [0.717, 1.165) is 24.5 Å². The van der Waals surface area contributed by atoms with E-state index in [9.17, 15) is 0 Å². The van der Waals surface area contributed by atoms with E-state index in [2.05, 4.69) is 11.8 Å². The molecule has 0 bridgehead atoms. The minimum atomic E-state index is 0.570. The topological polar surface area (TPSA) is 38.5 Å². The van der Waals surface area contributed by atoms with Crippen molar-refractivity contribution in [2.75, 3.05) is 19.7 Å². The van der Waals surface area contributed by atoms with Crippen molar-refractivity contribution in [3.8, 4) is 5.75 Å². The highest BCUT2D eigenvalue weighted by Crippen LogP contribution is 2.17. The number of nitrogens with zero attached hydrogens (tertiary/aromatic N) is 1. The van der Waals surface area contributed by atoms with Crippen molar-refractivity contribution in [2.24, 2.45) is 5.73 Å². The van der Waals surface area contributed by atoms with Gasteiger partial charge in [-0.25, -0.2) is 0 Å². The molecule has 3 heteroatoms. The fraction of sp³-hybridized carbons (Fsp3) is 0.600. The molecule has 2 N–H and O–H groups in total. The number of piperidine rings is 1. The molecule has 1 saturated heterocycles. The van der Waals surface area contributed by atoms with Crippen LogP contribution in [0.4, 0.5) is 0 Å². The molecule has 0 radical (unpaired) electrons. The SMILES string of the molecule is CC1CCCCN1CCOc1cccc(CN)c1. The molecular weight excluding hydrogens is 224 g/mol. The Morgan fingerprint density at radius 3 is 3.06 bits per heavy atom. The fourth-order valence-electron chi connectivity index (χ4n) is 2.53. The predicted molar refractivity (Wildman–Crippen MR) is 74.7 cm³/mol. The van der Waals surface area contributed by atoms with E-state index in [-0.39, 0.29) is 0 Å². The molecule has 1 aliphatic rings. The van der Waals surface area contributed by atoms with E-state index in [1.165, 1.54) is 25.8 Å². The molecule has 0 saturated carbocycles. The molecule has 1 heterocycles. The Morgan fingerprint density at radius 2 is 2.28 bits per heavy atom. The van der Waals surface area contributed by atoms with Crippen LogP contribution in [0.1, 0.15) is 31.7 Å². The lowest BCUT2D eigenvalue weighted by Gasteiger charge is -2.33. The van der Waals surface area contributed by atoms with Crippen molar-refractivity contribution in [2.45, 2.75) is 38.8 Å². The minimum Gasteiger partial charge on any atom is -0.492 e. The summed E-state index contributed by atoms with van der Waals surface area (Å²) in [5, 5.41) is 0. The average molecular weight is 248 g/mol. The van der Waals surface area contributed by atoms with Gasteiger partial charge in [-0.2, -0.15) is 0 Å². The van der Waals surface area contributed by atoms with Gasteiger partial charge in [0.2, 0.25) is 0 Å². The Bertz CT molecular complexity index is 367. The van der Waals surface area contributed by atoms with Crippen LogP contribution in [0.5, 0.6) is 5.75 Å². The largest absolute Gasteiger partial charge is 0.492 e. The first kappa shape index (κ1) is 13.4. The first-order valence-electron chi connectivity index (χ1n) is 6.95. The average Bonchev–Trinajstić information content (AvgIpc) is 2.41. The summed E-state index contributed by atoms with van der Waals surface area (Å²) < 4.78 is 5.80. The highest BCUT2D eigenvalue weighted by molar-refractivity contribution is 5.28. The predicted octanol–water partition coefficient (Wildman–Crippen LogP) is 2.40. The highest BCUT2D eigenvalue weighted by Gasteiger charge is 2.17. The van der Waals surface area contributed by atoms with Crippen LogP contribution in [0.25, 0.3) is 0 Å². The standard InChI is InChI=1S/C15H24N2O/c1-13-5-2-3-8-17(13)9-10-18-15-7-4-6-14(11-15)12-16/h4,6-7,11,13H,2-3,5,8-10,12,16H2,1H3. The van der Waals surface area contributed by atoms with E-state index >= 15 is 0 Å². The lowest BCUT2D eigenvalue weighted by molar-refractivity contribution is 0.133. The summed E-state index contributed by atoms with van der Waals surface area (Å²) in [6.45, 7) is 5.88. The summed E-state index contributed by atoms with van der Waals surface area (Å²) in [5.41, 5.74) is 6.74. The second kappa shape index (κ2) is 6.76. The molecule has 0 aromatic heterocycles. The Morgan fingerprint density at radius 1 is 1.39 bits per heavy atom. The van der Waals surface area contributed by atoms with E-state index < -0.39 is 0 Å². The van der Waals surface area contributed by atoms with E-state index in [1.54, 1.807) is 0 Å². The first-order valence-corrected chi connectivity index (χ1v) is 6.95. The van der Waals surface area contributed by atoms with Gasteiger partial charge in [0.15, 0.2) is 0 Å². The Hall–Kier alpha value is -1.06. The Labute approximate surface area is 110 Å². The molecule has 18 heavy (non-hydrogen) atoms. The molecule has 1 atom stereocenters. The van der Waals surface area contributed by atoms with Crippen LogP contribution >= 0.6 is 0 Å². The van der Waals surface area contributed by atoms with Crippen molar-refractivity contribution in [1.29, 1.82) is 0 Å². The molecular formula is C15H24N2O. The molecule has 3 nitrogen and oxygen atoms in total. The van der Waals surface area contributed by atoms with Crippen molar-refractivity contribution in [3.63, 3.8) is 0 Å². The molecule has 0 spiro atoms. The lowest BCUT2D eigenvalue weighted by Crippen LogP contribution is -2.39. The number of nitrogens with two attached hydrogens (primary N) is 1. The molecule has 100 valence electrons. The maximum Gasteiger partial charge on any atom is 0.119 e. The van der Waals surface area contributed by atoms with Gasteiger partial charge in [0.1, 0.15) is 12.4 Å². The van der Waals surface area contributed by atoms with Crippen molar-refractivity contribution >= 4 is 0 Å². The molecule has 1 unspecified atom stereocenters. The summed E-state index contributed by atoms with van der Waals surface area (Å²) >= 11 is 0. The van der Waals surface area contributed by atoms with Gasteiger partial charge in [0, 0.05) is 19.1 Å². The molecule has 2 rings (SSSR count). The molecule has 1 aromatic carbocycles. The maximum absolute atomic E-state index is 5.80. The highest BCUT2D eigenvalue weighted by atomic mass is 16.5. The van der Waals surface area contributed by atoms with Crippen LogP contribution in [0.3, 0.4) is 0 Å². The normalized spacial score (nSPS) is 20.9. The van der Waals surface area contributed by atoms with Crippen LogP contribution in [-0.4, -0.2) is 30.6 Å². The molecule has 0 amide bonds. The zero-order valence-electron chi connectivity index (χ0n) is 11.3. The van der Waals surface area contributed by atoms with Crippen LogP contribution < -0.4 is 10.5 Å². The van der Waals surface area contributed by atoms with Gasteiger partial charge in [-0.15, -0.1) is 0 Å². The van der Waals surface area contributed by atoms with Gasteiger partial charge >= 0.3 is 0 Å². The summed E-state index contributed by atoms with van der Waals surface area (Å²) in [6, 6.07) is 8.76. The minimum absolute atomic E-state index is 0.570. The second-order valence-corrected chi connectivity index (χ2v) is 5.08. The Kier molecular flexibility index (Phi) is 5.02. The first-order chi connectivity index (χ1) is 8.79. The zero-order chi connectivity index (χ0) is 12.8. The van der Waals surface area contributed by atoms with Crippen LogP contribution in [0, 0.1) is 0 Å². The lowest BCUT2D eigenvalue weighted by atomic mass is 10.0. The van der Waals surface area contributed by atoms with E-state index in [0.29, 0.717) is 12.6 Å². The number of rotatable bonds is 5. The summed E-state index contributed by atoms with van der Waals surface area (Å²) in [4.78, 5) is 2.52. The van der Waals surface area contributed by atoms with Crippen molar-refractivity contribution in [1.82, 2.24) is 4.90 Å². The van der Waals surface area contributed by atoms with Crippen LogP contribution in [0.15, 0.2) is 24.3 Å². The summed E-state index contributed by atoms with van der Waals surface area (Å²) in [7, 11) is 0. The van der Waals surface area contributed by atoms with Gasteiger partial charge < -0.3 is 10.5 Å². The number of hydrogen-bond acceptors (Lipinski definition) is 3. The third-order valence-electron chi connectivity index (χ3n) is 3.72. The monoisotopic (exact) mass is 248 g/mol.